The lowest BCUT2D eigenvalue weighted by Gasteiger charge is -2.32. The van der Waals surface area contributed by atoms with Crippen molar-refractivity contribution >= 4 is 5.91 Å². The summed E-state index contributed by atoms with van der Waals surface area (Å²) in [5, 5.41) is 3.27. The highest BCUT2D eigenvalue weighted by Gasteiger charge is 2.26. The zero-order chi connectivity index (χ0) is 20.3. The normalized spacial score (nSPS) is 16.8. The number of carbonyl (C=O) groups is 1. The van der Waals surface area contributed by atoms with E-state index in [0.717, 1.165) is 32.5 Å². The van der Waals surface area contributed by atoms with Gasteiger partial charge < -0.3 is 5.32 Å². The Morgan fingerprint density at radius 1 is 1.00 bits per heavy atom. The Bertz CT molecular complexity index is 834. The molecule has 150 valence electrons. The van der Waals surface area contributed by atoms with Crippen molar-refractivity contribution < 1.29 is 4.79 Å². The highest BCUT2D eigenvalue weighted by Crippen LogP contribution is 2.24. The summed E-state index contributed by atoms with van der Waals surface area (Å²) in [7, 11) is 0. The largest absolute Gasteiger partial charge is 0.349 e. The summed E-state index contributed by atoms with van der Waals surface area (Å²) in [6.07, 6.45) is 1.88. The third-order valence-corrected chi connectivity index (χ3v) is 6.32. The molecule has 0 aromatic heterocycles. The molecule has 0 saturated carbocycles. The van der Waals surface area contributed by atoms with Gasteiger partial charge in [0.25, 0.3) is 0 Å². The number of piperidine rings is 1. The van der Waals surface area contributed by atoms with Crippen molar-refractivity contribution in [3.63, 3.8) is 0 Å². The molecule has 2 aromatic carbocycles. The average Bonchev–Trinajstić information content (AvgIpc) is 2.67. The van der Waals surface area contributed by atoms with Crippen LogP contribution in [0.15, 0.2) is 36.4 Å². The molecule has 3 nitrogen and oxygen atoms in total. The van der Waals surface area contributed by atoms with Crippen LogP contribution in [0.25, 0.3) is 0 Å². The molecule has 28 heavy (non-hydrogen) atoms. The minimum Gasteiger partial charge on any atom is -0.349 e. The first-order valence-electron chi connectivity index (χ1n) is 10.5. The van der Waals surface area contributed by atoms with Crippen molar-refractivity contribution in [2.24, 2.45) is 5.92 Å². The van der Waals surface area contributed by atoms with Gasteiger partial charge in [0.2, 0.25) is 5.91 Å². The summed E-state index contributed by atoms with van der Waals surface area (Å²) in [6.45, 7) is 13.6. The number of nitrogens with zero attached hydrogens (tertiary/aromatic N) is 1. The number of rotatable bonds is 5. The first-order chi connectivity index (χ1) is 13.3. The fraction of sp³-hybridized carbons (Fsp3) is 0.480. The topological polar surface area (TPSA) is 32.3 Å². The highest BCUT2D eigenvalue weighted by molar-refractivity contribution is 5.79. The molecular formula is C25H34N2O. The molecule has 0 radical (unpaired) electrons. The number of carbonyl (C=O) groups excluding carboxylic acids is 1. The molecule has 3 heteroatoms. The first kappa shape index (κ1) is 20.6. The Kier molecular flexibility index (Phi) is 6.56. The van der Waals surface area contributed by atoms with E-state index in [1.165, 1.54) is 33.4 Å². The Balaban J connectivity index is 1.54. The second-order valence-electron chi connectivity index (χ2n) is 8.50. The maximum atomic E-state index is 12.8. The van der Waals surface area contributed by atoms with Crippen molar-refractivity contribution in [1.29, 1.82) is 0 Å². The maximum absolute atomic E-state index is 12.8. The van der Waals surface area contributed by atoms with E-state index in [1.54, 1.807) is 0 Å². The van der Waals surface area contributed by atoms with E-state index in [0.29, 0.717) is 0 Å². The van der Waals surface area contributed by atoms with Gasteiger partial charge in [0.15, 0.2) is 0 Å². The average molecular weight is 379 g/mol. The lowest BCUT2D eigenvalue weighted by Crippen LogP contribution is -2.41. The molecule has 1 aliphatic rings. The molecule has 1 atom stereocenters. The number of amides is 1. The summed E-state index contributed by atoms with van der Waals surface area (Å²) in [6, 6.07) is 13.1. The zero-order valence-corrected chi connectivity index (χ0v) is 18.0. The second-order valence-corrected chi connectivity index (χ2v) is 8.50. The van der Waals surface area contributed by atoms with Gasteiger partial charge in [-0.1, -0.05) is 36.4 Å². The minimum absolute atomic E-state index is 0.0526. The van der Waals surface area contributed by atoms with E-state index in [1.807, 2.05) is 0 Å². The highest BCUT2D eigenvalue weighted by atomic mass is 16.1. The molecule has 1 fully saturated rings. The Labute approximate surface area is 170 Å². The molecule has 3 rings (SSSR count). The monoisotopic (exact) mass is 378 g/mol. The molecule has 0 aliphatic carbocycles. The van der Waals surface area contributed by atoms with E-state index < -0.39 is 0 Å². The fourth-order valence-electron chi connectivity index (χ4n) is 4.24. The van der Waals surface area contributed by atoms with Crippen LogP contribution in [0, 0.1) is 33.6 Å². The summed E-state index contributed by atoms with van der Waals surface area (Å²) >= 11 is 0. The van der Waals surface area contributed by atoms with Gasteiger partial charge in [0.05, 0.1) is 6.04 Å². The zero-order valence-electron chi connectivity index (χ0n) is 18.0. The first-order valence-corrected chi connectivity index (χ1v) is 10.5. The van der Waals surface area contributed by atoms with E-state index in [4.69, 9.17) is 0 Å². The summed E-state index contributed by atoms with van der Waals surface area (Å²) < 4.78 is 0. The molecule has 1 N–H and O–H groups in total. The van der Waals surface area contributed by atoms with Gasteiger partial charge in [0.1, 0.15) is 0 Å². The Morgan fingerprint density at radius 3 is 2.32 bits per heavy atom. The van der Waals surface area contributed by atoms with Crippen LogP contribution in [-0.4, -0.2) is 23.9 Å². The number of nitrogens with one attached hydrogen (secondary N) is 1. The molecule has 1 amide bonds. The number of benzene rings is 2. The van der Waals surface area contributed by atoms with Crippen LogP contribution in [0.5, 0.6) is 0 Å². The molecule has 1 heterocycles. The van der Waals surface area contributed by atoms with Crippen molar-refractivity contribution in [2.75, 3.05) is 13.1 Å². The Hall–Kier alpha value is -2.13. The van der Waals surface area contributed by atoms with Crippen molar-refractivity contribution in [3.8, 4) is 0 Å². The molecule has 1 aliphatic heterocycles. The summed E-state index contributed by atoms with van der Waals surface area (Å²) in [5.74, 6) is 0.336. The number of hydrogen-bond acceptors (Lipinski definition) is 2. The summed E-state index contributed by atoms with van der Waals surface area (Å²) in [4.78, 5) is 15.3. The number of aryl methyl sites for hydroxylation is 4. The van der Waals surface area contributed by atoms with Gasteiger partial charge in [-0.3, -0.25) is 9.69 Å². The summed E-state index contributed by atoms with van der Waals surface area (Å²) in [5.41, 5.74) is 7.81. The molecule has 0 spiro atoms. The number of likely N-dealkylation sites (tertiary alicyclic amines) is 1. The maximum Gasteiger partial charge on any atom is 0.223 e. The predicted octanol–water partition coefficient (Wildman–Crippen LogP) is 5.01. The molecule has 1 saturated heterocycles. The van der Waals surface area contributed by atoms with Crippen LogP contribution in [0.4, 0.5) is 0 Å². The van der Waals surface area contributed by atoms with Crippen LogP contribution in [-0.2, 0) is 11.3 Å². The van der Waals surface area contributed by atoms with Crippen LogP contribution in [0.1, 0.15) is 59.2 Å². The van der Waals surface area contributed by atoms with E-state index in [2.05, 4.69) is 81.2 Å². The SMILES string of the molecule is Cc1cc(C)c([C@@H](C)NC(=O)C2CCN(Cc3ccccc3C)CC2)cc1C. The molecular weight excluding hydrogens is 344 g/mol. The van der Waals surface area contributed by atoms with E-state index in [-0.39, 0.29) is 17.9 Å². The standard InChI is InChI=1S/C25H34N2O/c1-17-8-6-7-9-23(17)16-27-12-10-22(11-13-27)25(28)26-21(5)24-15-19(3)18(2)14-20(24)4/h6-9,14-15,21-22H,10-13,16H2,1-5H3,(H,26,28)/t21-/m1/s1. The Morgan fingerprint density at radius 2 is 1.64 bits per heavy atom. The minimum atomic E-state index is 0.0526. The number of hydrogen-bond donors (Lipinski definition) is 1. The van der Waals surface area contributed by atoms with Crippen LogP contribution in [0.3, 0.4) is 0 Å². The van der Waals surface area contributed by atoms with Gasteiger partial charge in [-0.2, -0.15) is 0 Å². The van der Waals surface area contributed by atoms with Crippen molar-refractivity contribution in [1.82, 2.24) is 10.2 Å². The lowest BCUT2D eigenvalue weighted by atomic mass is 9.93. The van der Waals surface area contributed by atoms with Gasteiger partial charge in [0, 0.05) is 12.5 Å². The fourth-order valence-corrected chi connectivity index (χ4v) is 4.24. The molecule has 0 unspecified atom stereocenters. The third kappa shape index (κ3) is 4.82. The molecule has 2 aromatic rings. The molecule has 0 bridgehead atoms. The quantitative estimate of drug-likeness (QED) is 0.793. The van der Waals surface area contributed by atoms with Crippen molar-refractivity contribution in [2.45, 2.75) is 60.0 Å². The van der Waals surface area contributed by atoms with E-state index >= 15 is 0 Å². The van der Waals surface area contributed by atoms with Gasteiger partial charge in [-0.05, 0) is 93.9 Å². The van der Waals surface area contributed by atoms with Gasteiger partial charge in [-0.15, -0.1) is 0 Å². The van der Waals surface area contributed by atoms with E-state index in [9.17, 15) is 4.79 Å². The van der Waals surface area contributed by atoms with Crippen LogP contribution in [0.2, 0.25) is 0 Å². The van der Waals surface area contributed by atoms with Crippen LogP contribution < -0.4 is 5.32 Å². The second kappa shape index (κ2) is 8.91. The van der Waals surface area contributed by atoms with Crippen LogP contribution >= 0.6 is 0 Å². The van der Waals surface area contributed by atoms with Gasteiger partial charge in [-0.25, -0.2) is 0 Å². The lowest BCUT2D eigenvalue weighted by molar-refractivity contribution is -0.127. The van der Waals surface area contributed by atoms with Gasteiger partial charge >= 0.3 is 0 Å². The third-order valence-electron chi connectivity index (χ3n) is 6.32. The smallest absolute Gasteiger partial charge is 0.223 e. The van der Waals surface area contributed by atoms with Crippen molar-refractivity contribution in [3.05, 3.63) is 69.8 Å². The predicted molar refractivity (Wildman–Crippen MR) is 116 cm³/mol.